The Hall–Kier alpha value is -1.93. The first-order chi connectivity index (χ1) is 12.9. The van der Waals surface area contributed by atoms with Gasteiger partial charge in [0, 0.05) is 30.3 Å². The molecule has 0 aliphatic carbocycles. The molecular formula is C19H21ClN2O4S. The van der Waals surface area contributed by atoms with Crippen LogP contribution in [-0.4, -0.2) is 33.6 Å². The molecule has 1 aliphatic rings. The van der Waals surface area contributed by atoms with E-state index >= 15 is 0 Å². The van der Waals surface area contributed by atoms with Crippen LogP contribution in [0.4, 0.5) is 0 Å². The van der Waals surface area contributed by atoms with E-state index in [1.54, 1.807) is 12.1 Å². The summed E-state index contributed by atoms with van der Waals surface area (Å²) in [6, 6.07) is 13.0. The van der Waals surface area contributed by atoms with Crippen LogP contribution in [0, 0.1) is 0 Å². The van der Waals surface area contributed by atoms with Gasteiger partial charge in [-0.25, -0.2) is 13.1 Å². The van der Waals surface area contributed by atoms with Crippen molar-refractivity contribution in [2.75, 3.05) is 13.2 Å². The average Bonchev–Trinajstić information content (AvgIpc) is 3.20. The molecule has 2 aromatic rings. The molecule has 0 bridgehead atoms. The van der Waals surface area contributed by atoms with Crippen molar-refractivity contribution in [2.45, 2.75) is 30.4 Å². The minimum Gasteiger partial charge on any atom is -0.377 e. The van der Waals surface area contributed by atoms with Crippen molar-refractivity contribution < 1.29 is 17.9 Å². The van der Waals surface area contributed by atoms with Gasteiger partial charge in [-0.05, 0) is 54.8 Å². The van der Waals surface area contributed by atoms with Crippen molar-refractivity contribution in [3.8, 4) is 0 Å². The molecule has 1 saturated heterocycles. The van der Waals surface area contributed by atoms with Crippen LogP contribution < -0.4 is 10.0 Å². The Bertz CT molecular complexity index is 877. The van der Waals surface area contributed by atoms with Crippen molar-refractivity contribution in [1.82, 2.24) is 10.0 Å². The fourth-order valence-electron chi connectivity index (χ4n) is 2.76. The third kappa shape index (κ3) is 5.52. The molecular weight excluding hydrogens is 388 g/mol. The molecule has 8 heteroatoms. The van der Waals surface area contributed by atoms with Crippen molar-refractivity contribution >= 4 is 27.5 Å². The second kappa shape index (κ2) is 8.84. The van der Waals surface area contributed by atoms with Gasteiger partial charge in [0.2, 0.25) is 10.0 Å². The molecule has 1 aliphatic heterocycles. The zero-order valence-corrected chi connectivity index (χ0v) is 16.2. The summed E-state index contributed by atoms with van der Waals surface area (Å²) < 4.78 is 32.6. The van der Waals surface area contributed by atoms with E-state index in [-0.39, 0.29) is 23.5 Å². The van der Waals surface area contributed by atoms with Crippen LogP contribution in [0.3, 0.4) is 0 Å². The molecule has 0 aromatic heterocycles. The lowest BCUT2D eigenvalue weighted by Gasteiger charge is -2.12. The number of carbonyl (C=O) groups is 1. The third-order valence-electron chi connectivity index (χ3n) is 4.32. The van der Waals surface area contributed by atoms with Gasteiger partial charge < -0.3 is 10.1 Å². The normalized spacial score (nSPS) is 17.0. The van der Waals surface area contributed by atoms with Crippen molar-refractivity contribution in [1.29, 1.82) is 0 Å². The maximum Gasteiger partial charge on any atom is 0.251 e. The van der Waals surface area contributed by atoms with Gasteiger partial charge in [-0.2, -0.15) is 0 Å². The summed E-state index contributed by atoms with van der Waals surface area (Å²) in [7, 11) is -3.62. The molecule has 1 atom stereocenters. The molecule has 3 rings (SSSR count). The fourth-order valence-corrected chi connectivity index (χ4v) is 3.96. The van der Waals surface area contributed by atoms with Crippen LogP contribution in [0.25, 0.3) is 0 Å². The Morgan fingerprint density at radius 1 is 1.11 bits per heavy atom. The van der Waals surface area contributed by atoms with E-state index in [2.05, 4.69) is 10.0 Å². The Kier molecular flexibility index (Phi) is 6.49. The molecule has 6 nitrogen and oxygen atoms in total. The van der Waals surface area contributed by atoms with E-state index in [0.29, 0.717) is 23.7 Å². The highest BCUT2D eigenvalue weighted by Gasteiger charge is 2.20. The van der Waals surface area contributed by atoms with Crippen LogP contribution in [0.2, 0.25) is 5.02 Å². The first-order valence-electron chi connectivity index (χ1n) is 8.68. The summed E-state index contributed by atoms with van der Waals surface area (Å²) in [5.41, 5.74) is 1.31. The highest BCUT2D eigenvalue weighted by Crippen LogP contribution is 2.14. The largest absolute Gasteiger partial charge is 0.377 e. The zero-order valence-electron chi connectivity index (χ0n) is 14.7. The van der Waals surface area contributed by atoms with Crippen LogP contribution in [-0.2, 0) is 21.3 Å². The third-order valence-corrected chi connectivity index (χ3v) is 6.01. The molecule has 1 heterocycles. The summed E-state index contributed by atoms with van der Waals surface area (Å²) in [5, 5.41) is 3.43. The summed E-state index contributed by atoms with van der Waals surface area (Å²) in [4.78, 5) is 12.3. The van der Waals surface area contributed by atoms with Crippen molar-refractivity contribution in [3.05, 3.63) is 64.7 Å². The van der Waals surface area contributed by atoms with E-state index < -0.39 is 10.0 Å². The number of nitrogens with one attached hydrogen (secondary N) is 2. The lowest BCUT2D eigenvalue weighted by Crippen LogP contribution is -2.31. The van der Waals surface area contributed by atoms with E-state index in [0.717, 1.165) is 18.4 Å². The number of benzene rings is 2. The molecule has 1 unspecified atom stereocenters. The quantitative estimate of drug-likeness (QED) is 0.737. The number of sulfonamides is 1. The first kappa shape index (κ1) is 19.8. The Morgan fingerprint density at radius 3 is 2.44 bits per heavy atom. The van der Waals surface area contributed by atoms with Gasteiger partial charge in [-0.1, -0.05) is 23.7 Å². The number of rotatable bonds is 7. The van der Waals surface area contributed by atoms with E-state index in [4.69, 9.17) is 16.3 Å². The summed E-state index contributed by atoms with van der Waals surface area (Å²) in [5.74, 6) is -0.277. The fraction of sp³-hybridized carbons (Fsp3) is 0.316. The SMILES string of the molecule is O=C(NCc1ccc(Cl)cc1)c1ccc(S(=O)(=O)NCC2CCCO2)cc1. The smallest absolute Gasteiger partial charge is 0.251 e. The highest BCUT2D eigenvalue weighted by atomic mass is 35.5. The number of hydrogen-bond acceptors (Lipinski definition) is 4. The molecule has 2 aromatic carbocycles. The Balaban J connectivity index is 1.56. The number of ether oxygens (including phenoxy) is 1. The van der Waals surface area contributed by atoms with E-state index in [1.165, 1.54) is 24.3 Å². The van der Waals surface area contributed by atoms with Crippen molar-refractivity contribution in [2.24, 2.45) is 0 Å². The van der Waals surface area contributed by atoms with Crippen molar-refractivity contribution in [3.63, 3.8) is 0 Å². The number of carbonyl (C=O) groups excluding carboxylic acids is 1. The minimum absolute atomic E-state index is 0.0716. The molecule has 2 N–H and O–H groups in total. The van der Waals surface area contributed by atoms with Gasteiger partial charge in [0.15, 0.2) is 0 Å². The second-order valence-corrected chi connectivity index (χ2v) is 8.52. The Labute approximate surface area is 163 Å². The van der Waals surface area contributed by atoms with Gasteiger partial charge in [0.1, 0.15) is 0 Å². The maximum atomic E-state index is 12.3. The summed E-state index contributed by atoms with van der Waals surface area (Å²) in [6.07, 6.45) is 1.74. The summed E-state index contributed by atoms with van der Waals surface area (Å²) in [6.45, 7) is 1.29. The van der Waals surface area contributed by atoms with Gasteiger partial charge in [-0.3, -0.25) is 4.79 Å². The van der Waals surface area contributed by atoms with Gasteiger partial charge >= 0.3 is 0 Å². The summed E-state index contributed by atoms with van der Waals surface area (Å²) >= 11 is 5.83. The van der Waals surface area contributed by atoms with Crippen LogP contribution in [0.15, 0.2) is 53.4 Å². The molecule has 27 heavy (non-hydrogen) atoms. The second-order valence-electron chi connectivity index (χ2n) is 6.32. The van der Waals surface area contributed by atoms with Gasteiger partial charge in [0.25, 0.3) is 5.91 Å². The monoisotopic (exact) mass is 408 g/mol. The number of amides is 1. The van der Waals surface area contributed by atoms with Gasteiger partial charge in [-0.15, -0.1) is 0 Å². The molecule has 1 amide bonds. The standard InChI is InChI=1S/C19H21ClN2O4S/c20-16-7-3-14(4-8-16)12-21-19(23)15-5-9-18(10-6-15)27(24,25)22-13-17-2-1-11-26-17/h3-10,17,22H,1-2,11-13H2,(H,21,23). The van der Waals surface area contributed by atoms with E-state index in [9.17, 15) is 13.2 Å². The molecule has 1 fully saturated rings. The molecule has 0 saturated carbocycles. The topological polar surface area (TPSA) is 84.5 Å². The average molecular weight is 409 g/mol. The lowest BCUT2D eigenvalue weighted by molar-refractivity contribution is 0.0951. The van der Waals surface area contributed by atoms with E-state index in [1.807, 2.05) is 12.1 Å². The van der Waals surface area contributed by atoms with Crippen LogP contribution >= 0.6 is 11.6 Å². The van der Waals surface area contributed by atoms with Crippen LogP contribution in [0.1, 0.15) is 28.8 Å². The van der Waals surface area contributed by atoms with Gasteiger partial charge in [0.05, 0.1) is 11.0 Å². The molecule has 0 radical (unpaired) electrons. The zero-order chi connectivity index (χ0) is 19.3. The predicted octanol–water partition coefficient (Wildman–Crippen LogP) is 2.73. The number of hydrogen-bond donors (Lipinski definition) is 2. The predicted molar refractivity (Wildman–Crippen MR) is 103 cm³/mol. The van der Waals surface area contributed by atoms with Crippen LogP contribution in [0.5, 0.6) is 0 Å². The first-order valence-corrected chi connectivity index (χ1v) is 10.5. The lowest BCUT2D eigenvalue weighted by atomic mass is 10.2. The molecule has 144 valence electrons. The maximum absolute atomic E-state index is 12.3. The number of halogens is 1. The Morgan fingerprint density at radius 2 is 1.81 bits per heavy atom. The highest BCUT2D eigenvalue weighted by molar-refractivity contribution is 7.89. The minimum atomic E-state index is -3.62. The molecule has 0 spiro atoms.